The van der Waals surface area contributed by atoms with Crippen LogP contribution < -0.4 is 42.0 Å². The van der Waals surface area contributed by atoms with E-state index in [9.17, 15) is 38.4 Å². The van der Waals surface area contributed by atoms with Crippen LogP contribution in [0.15, 0.2) is 133 Å². The van der Waals surface area contributed by atoms with Crippen LogP contribution in [0.2, 0.25) is 0 Å². The van der Waals surface area contributed by atoms with Crippen LogP contribution in [0.25, 0.3) is 28.0 Å². The van der Waals surface area contributed by atoms with Crippen LogP contribution in [0, 0.1) is 11.8 Å². The van der Waals surface area contributed by atoms with Crippen molar-refractivity contribution in [1.29, 1.82) is 0 Å². The summed E-state index contributed by atoms with van der Waals surface area (Å²) in [5.41, 5.74) is 12.3. The highest BCUT2D eigenvalue weighted by Gasteiger charge is 2.36. The molecule has 6 aromatic rings. The van der Waals surface area contributed by atoms with E-state index in [1.807, 2.05) is 97.1 Å². The molecule has 0 spiro atoms. The van der Waals surface area contributed by atoms with Gasteiger partial charge in [0.25, 0.3) is 5.91 Å². The highest BCUT2D eigenvalue weighted by molar-refractivity contribution is 6.19. The molecule has 7 N–H and O–H groups in total. The number of nitrogens with one attached hydrogen (secondary N) is 5. The molecule has 7 amide bonds. The number of methoxy groups -OCH3 is 1. The molecule has 87 heavy (non-hydrogen) atoms. The molecule has 20 heteroatoms. The number of carbonyl (C=O) groups excluding carboxylic acids is 8. The Morgan fingerprint density at radius 2 is 1.43 bits per heavy atom. The summed E-state index contributed by atoms with van der Waals surface area (Å²) in [6.45, 7) is 8.90. The van der Waals surface area contributed by atoms with Gasteiger partial charge in [0, 0.05) is 66.7 Å². The number of carbonyl (C=O) groups is 8. The lowest BCUT2D eigenvalue weighted by molar-refractivity contribution is -0.157. The zero-order chi connectivity index (χ0) is 62.4. The molecule has 4 atom stereocenters. The lowest BCUT2D eigenvalue weighted by Crippen LogP contribution is -2.47. The largest absolute Gasteiger partial charge is 0.497 e. The molecule has 19 nitrogen and oxygen atoms in total. The van der Waals surface area contributed by atoms with E-state index in [1.165, 1.54) is 6.08 Å². The van der Waals surface area contributed by atoms with E-state index in [0.29, 0.717) is 41.3 Å². The third kappa shape index (κ3) is 16.8. The van der Waals surface area contributed by atoms with E-state index in [0.717, 1.165) is 44.2 Å². The number of alkyl carbamates (subject to hydrolysis) is 1. The minimum absolute atomic E-state index is 0.00326. The summed E-state index contributed by atoms with van der Waals surface area (Å²) >= 11 is 6.50. The Balaban J connectivity index is 0.866. The number of Topliss-reactive ketones (excluding diaryl/α,β-unsaturated/α-hetero) is 1. The number of urea groups is 1. The molecule has 6 aromatic carbocycles. The van der Waals surface area contributed by atoms with Gasteiger partial charge in [-0.25, -0.2) is 19.2 Å². The van der Waals surface area contributed by atoms with Crippen molar-refractivity contribution in [3.8, 4) is 16.9 Å². The van der Waals surface area contributed by atoms with Crippen LogP contribution in [0.4, 0.5) is 31.4 Å². The number of rotatable bonds is 25. The van der Waals surface area contributed by atoms with Gasteiger partial charge < -0.3 is 50.8 Å². The molecule has 1 aliphatic carbocycles. The lowest BCUT2D eigenvalue weighted by atomic mass is 9.89. The van der Waals surface area contributed by atoms with E-state index in [2.05, 4.69) is 26.6 Å². The van der Waals surface area contributed by atoms with Crippen molar-refractivity contribution >= 4 is 93.2 Å². The number of nitrogens with two attached hydrogens (primary N) is 1. The number of fused-ring (bicyclic) bond motifs is 6. The number of hydrogen-bond acceptors (Lipinski definition) is 12. The van der Waals surface area contributed by atoms with E-state index in [1.54, 1.807) is 83.0 Å². The van der Waals surface area contributed by atoms with Crippen molar-refractivity contribution in [3.05, 3.63) is 161 Å². The van der Waals surface area contributed by atoms with Crippen molar-refractivity contribution in [2.75, 3.05) is 48.2 Å². The van der Waals surface area contributed by atoms with E-state index >= 15 is 0 Å². The number of esters is 1. The Kier molecular flexibility index (Phi) is 21.4. The number of alkyl halides is 1. The number of benzene rings is 6. The number of amides is 7. The number of hydrogen-bond donors (Lipinski definition) is 6. The topological polar surface area (TPSA) is 263 Å². The minimum Gasteiger partial charge on any atom is -0.497 e. The van der Waals surface area contributed by atoms with Crippen LogP contribution in [0.1, 0.15) is 106 Å². The second-order valence-corrected chi connectivity index (χ2v) is 23.2. The molecule has 1 unspecified atom stereocenters. The van der Waals surface area contributed by atoms with Gasteiger partial charge in [-0.05, 0) is 127 Å². The molecule has 1 aliphatic heterocycles. The molecular weight excluding hydrogens is 1130 g/mol. The van der Waals surface area contributed by atoms with Gasteiger partial charge in [-0.2, -0.15) is 0 Å². The summed E-state index contributed by atoms with van der Waals surface area (Å²) in [7, 11) is 1.58. The zero-order valence-electron chi connectivity index (χ0n) is 49.6. The van der Waals surface area contributed by atoms with Crippen molar-refractivity contribution in [3.63, 3.8) is 0 Å². The van der Waals surface area contributed by atoms with E-state index < -0.39 is 71.3 Å². The van der Waals surface area contributed by atoms with Gasteiger partial charge in [0.1, 0.15) is 30.6 Å². The first-order valence-corrected chi connectivity index (χ1v) is 29.5. The third-order valence-corrected chi connectivity index (χ3v) is 15.5. The number of halogens is 1. The highest BCUT2D eigenvalue weighted by Crippen LogP contribution is 2.46. The number of nitrogens with zero attached hydrogens (tertiary/aromatic N) is 1. The van der Waals surface area contributed by atoms with Crippen LogP contribution in [-0.2, 0) is 44.8 Å². The molecule has 2 aliphatic rings. The van der Waals surface area contributed by atoms with E-state index in [-0.39, 0.29) is 69.1 Å². The van der Waals surface area contributed by atoms with Gasteiger partial charge in [-0.3, -0.25) is 24.5 Å². The van der Waals surface area contributed by atoms with Crippen molar-refractivity contribution < 1.29 is 57.3 Å². The molecular formula is C67H74ClN7O12. The Morgan fingerprint density at radius 3 is 2.06 bits per heavy atom. The number of anilines is 3. The summed E-state index contributed by atoms with van der Waals surface area (Å²) in [5.74, 6) is -3.26. The first-order chi connectivity index (χ1) is 41.7. The normalized spacial score (nSPS) is 14.4. The van der Waals surface area contributed by atoms with Gasteiger partial charge in [-0.15, -0.1) is 11.6 Å². The zero-order valence-corrected chi connectivity index (χ0v) is 50.4. The Hall–Kier alpha value is -9.23. The van der Waals surface area contributed by atoms with Gasteiger partial charge in [0.05, 0.1) is 24.5 Å². The predicted octanol–water partition coefficient (Wildman–Crippen LogP) is 11.1. The summed E-state index contributed by atoms with van der Waals surface area (Å²) < 4.78 is 22.3. The third-order valence-electron chi connectivity index (χ3n) is 15.1. The molecule has 456 valence electrons. The SMILES string of the molecule is COc1ccc(/C=C/C(=O)N2CC(CCl)c3c2cc(NC(=O)OCc2ccc(NC(=O)[C@H](CCCNC(N)=O)CC(=O)[C@@H](NC(=O)CC[C@H](NC(=O)OCC4c5ccccc5-c5ccccc54)C(=O)OC(C)(C)C)C(C)C)cc2)c2ccccc32)cc1. The Labute approximate surface area is 511 Å². The van der Waals surface area contributed by atoms with Gasteiger partial charge >= 0.3 is 24.2 Å². The molecule has 0 radical (unpaired) electrons. The second kappa shape index (κ2) is 29.2. The smallest absolute Gasteiger partial charge is 0.411 e. The quantitative estimate of drug-likeness (QED) is 0.0103. The van der Waals surface area contributed by atoms with Crippen LogP contribution in [0.5, 0.6) is 5.75 Å². The second-order valence-electron chi connectivity index (χ2n) is 22.9. The molecule has 0 saturated heterocycles. The lowest BCUT2D eigenvalue weighted by Gasteiger charge is -2.26. The fraction of sp³-hybridized carbons (Fsp3) is 0.343. The summed E-state index contributed by atoms with van der Waals surface area (Å²) in [4.78, 5) is 109. The van der Waals surface area contributed by atoms with Gasteiger partial charge in [-0.1, -0.05) is 111 Å². The standard InChI is InChI=1S/C67H74ClN7O12/c1-40(2)61(74-58(77)31-30-54(63(80)87-67(3,4)5)72-65(82)86-39-53-49-17-9-7-15-47(49)48-16-8-10-18-50(48)53)57(76)34-43(14-13-33-70-64(69)81)62(79)71-45-26-21-42(22-27-45)38-85-66(83)73-55-35-56-60(52-20-12-11-19-51(52)55)44(36-68)37-75(56)59(78)32-25-41-23-28-46(84-6)29-24-41/h7-12,15-29,32,35,40,43-44,53-54,61H,13-14,30-31,33-34,36-39H2,1-6H3,(H,71,79)(H,72,82)(H,73,83)(H,74,77)(H3,69,70,81)/b32-25+/t43-,44?,54+,61+/m1/s1. The average molecular weight is 1200 g/mol. The van der Waals surface area contributed by atoms with Crippen molar-refractivity contribution in [2.24, 2.45) is 17.6 Å². The maximum atomic E-state index is 14.2. The summed E-state index contributed by atoms with van der Waals surface area (Å²) in [6, 6.07) is 36.0. The molecule has 8 rings (SSSR count). The van der Waals surface area contributed by atoms with Crippen LogP contribution in [-0.4, -0.2) is 98.1 Å². The first-order valence-electron chi connectivity index (χ1n) is 29.0. The fourth-order valence-corrected chi connectivity index (χ4v) is 11.1. The maximum Gasteiger partial charge on any atom is 0.411 e. The van der Waals surface area contributed by atoms with Gasteiger partial charge in [0.15, 0.2) is 5.78 Å². The first kappa shape index (κ1) is 63.8. The molecule has 0 aromatic heterocycles. The molecule has 0 saturated carbocycles. The average Bonchev–Trinajstić information content (AvgIpc) is 1.73. The monoisotopic (exact) mass is 1200 g/mol. The summed E-state index contributed by atoms with van der Waals surface area (Å²) in [6.07, 6.45) is 1.33. The minimum atomic E-state index is -1.28. The molecule has 1 heterocycles. The number of ketones is 1. The van der Waals surface area contributed by atoms with Crippen LogP contribution in [0.3, 0.4) is 0 Å². The van der Waals surface area contributed by atoms with Gasteiger partial charge in [0.2, 0.25) is 11.8 Å². The van der Waals surface area contributed by atoms with Crippen molar-refractivity contribution in [2.45, 2.75) is 103 Å². The van der Waals surface area contributed by atoms with E-state index in [4.69, 9.17) is 36.3 Å². The number of primary amides is 1. The molecule has 0 fully saturated rings. The fourth-order valence-electron chi connectivity index (χ4n) is 10.9. The Morgan fingerprint density at radius 1 is 0.770 bits per heavy atom. The molecule has 0 bridgehead atoms. The predicted molar refractivity (Wildman–Crippen MR) is 334 cm³/mol. The van der Waals surface area contributed by atoms with Crippen LogP contribution >= 0.6 is 11.6 Å². The summed E-state index contributed by atoms with van der Waals surface area (Å²) in [5, 5.41) is 15.2. The van der Waals surface area contributed by atoms with Crippen molar-refractivity contribution in [1.82, 2.24) is 16.0 Å². The number of ether oxygens (including phenoxy) is 4. The maximum absolute atomic E-state index is 14.2. The Bertz CT molecular complexity index is 3480. The highest BCUT2D eigenvalue weighted by atomic mass is 35.5.